The van der Waals surface area contributed by atoms with E-state index in [1.165, 1.54) is 6.33 Å². The highest BCUT2D eigenvalue weighted by atomic mass is 35.5. The molecule has 0 bridgehead atoms. The van der Waals surface area contributed by atoms with Crippen LogP contribution in [0.2, 0.25) is 5.02 Å². The van der Waals surface area contributed by atoms with Crippen molar-refractivity contribution in [2.75, 3.05) is 19.2 Å². The van der Waals surface area contributed by atoms with Crippen molar-refractivity contribution >= 4 is 34.0 Å². The van der Waals surface area contributed by atoms with Crippen LogP contribution < -0.4 is 24.3 Å². The van der Waals surface area contributed by atoms with Crippen molar-refractivity contribution in [3.63, 3.8) is 0 Å². The van der Waals surface area contributed by atoms with E-state index in [0.29, 0.717) is 56.2 Å². The van der Waals surface area contributed by atoms with Gasteiger partial charge in [-0.3, -0.25) is 4.98 Å². The van der Waals surface area contributed by atoms with Crippen molar-refractivity contribution in [1.29, 1.82) is 0 Å². The summed E-state index contributed by atoms with van der Waals surface area (Å²) >= 11 is 6.43. The molecule has 3 heterocycles. The van der Waals surface area contributed by atoms with Gasteiger partial charge in [-0.25, -0.2) is 9.97 Å². The molecule has 0 unspecified atom stereocenters. The lowest BCUT2D eigenvalue weighted by Crippen LogP contribution is -2.00. The van der Waals surface area contributed by atoms with Gasteiger partial charge in [0.15, 0.2) is 11.5 Å². The maximum atomic E-state index is 6.43. The Balaban J connectivity index is 1.65. The Kier molecular flexibility index (Phi) is 4.61. The number of methoxy groups -OCH3 is 1. The Labute approximate surface area is 176 Å². The molecule has 2 aromatic heterocycles. The molecule has 1 N–H and O–H groups in total. The summed E-state index contributed by atoms with van der Waals surface area (Å²) in [6, 6.07) is 10.6. The smallest absolute Gasteiger partial charge is 0.231 e. The maximum Gasteiger partial charge on any atom is 0.231 e. The van der Waals surface area contributed by atoms with Crippen LogP contribution >= 0.6 is 11.6 Å². The molecule has 4 aromatic rings. The molecular formula is C21H15ClN4O4. The van der Waals surface area contributed by atoms with Crippen molar-refractivity contribution in [3.8, 4) is 28.7 Å². The van der Waals surface area contributed by atoms with Crippen LogP contribution in [0.25, 0.3) is 10.9 Å². The van der Waals surface area contributed by atoms with Crippen LogP contribution in [0.3, 0.4) is 0 Å². The number of pyridine rings is 1. The van der Waals surface area contributed by atoms with Crippen molar-refractivity contribution in [2.24, 2.45) is 0 Å². The van der Waals surface area contributed by atoms with Gasteiger partial charge < -0.3 is 24.3 Å². The number of halogens is 1. The van der Waals surface area contributed by atoms with Crippen LogP contribution in [0.4, 0.5) is 11.5 Å². The topological polar surface area (TPSA) is 87.6 Å². The molecular weight excluding hydrogens is 408 g/mol. The largest absolute Gasteiger partial charge is 0.497 e. The molecule has 9 heteroatoms. The minimum absolute atomic E-state index is 0.127. The number of hydrogen-bond donors (Lipinski definition) is 1. The third kappa shape index (κ3) is 3.27. The summed E-state index contributed by atoms with van der Waals surface area (Å²) < 4.78 is 22.6. The van der Waals surface area contributed by atoms with E-state index in [2.05, 4.69) is 20.3 Å². The SMILES string of the molecule is COc1cc(Oc2ccncc2)c2c(Nc3c(Cl)ccc4c3OCO4)ncnc2c1. The second kappa shape index (κ2) is 7.57. The van der Waals surface area contributed by atoms with Gasteiger partial charge in [0.1, 0.15) is 35.1 Å². The number of hydrogen-bond acceptors (Lipinski definition) is 8. The van der Waals surface area contributed by atoms with Crippen molar-refractivity contribution < 1.29 is 18.9 Å². The molecule has 0 radical (unpaired) electrons. The number of nitrogens with zero attached hydrogens (tertiary/aromatic N) is 3. The first-order valence-corrected chi connectivity index (χ1v) is 9.36. The van der Waals surface area contributed by atoms with Gasteiger partial charge in [-0.1, -0.05) is 11.6 Å². The predicted octanol–water partition coefficient (Wildman–Crippen LogP) is 4.95. The lowest BCUT2D eigenvalue weighted by atomic mass is 10.2. The number of ether oxygens (including phenoxy) is 4. The van der Waals surface area contributed by atoms with Gasteiger partial charge in [0, 0.05) is 24.5 Å². The van der Waals surface area contributed by atoms with Crippen LogP contribution in [0.15, 0.2) is 55.1 Å². The molecule has 0 amide bonds. The number of fused-ring (bicyclic) bond motifs is 2. The van der Waals surface area contributed by atoms with Crippen molar-refractivity contribution in [3.05, 3.63) is 60.1 Å². The van der Waals surface area contributed by atoms with Crippen LogP contribution in [0.1, 0.15) is 0 Å². The van der Waals surface area contributed by atoms with Crippen molar-refractivity contribution in [2.45, 2.75) is 0 Å². The Morgan fingerprint density at radius 2 is 1.90 bits per heavy atom. The number of aromatic nitrogens is 3. The molecule has 1 aliphatic heterocycles. The van der Waals surface area contributed by atoms with Crippen LogP contribution in [-0.4, -0.2) is 28.9 Å². The molecule has 0 saturated carbocycles. The Hall–Kier alpha value is -3.78. The number of rotatable bonds is 5. The van der Waals surface area contributed by atoms with E-state index in [1.54, 1.807) is 55.9 Å². The van der Waals surface area contributed by atoms with E-state index in [-0.39, 0.29) is 6.79 Å². The number of nitrogens with one attached hydrogen (secondary N) is 1. The molecule has 150 valence electrons. The number of benzene rings is 2. The lowest BCUT2D eigenvalue weighted by molar-refractivity contribution is 0.174. The van der Waals surface area contributed by atoms with Crippen LogP contribution in [0, 0.1) is 0 Å². The summed E-state index contributed by atoms with van der Waals surface area (Å²) in [6.07, 6.45) is 4.75. The molecule has 1 aliphatic rings. The average Bonchev–Trinajstić information content (AvgIpc) is 3.25. The summed E-state index contributed by atoms with van der Waals surface area (Å²) in [6.45, 7) is 0.127. The Morgan fingerprint density at radius 1 is 1.03 bits per heavy atom. The minimum atomic E-state index is 0.127. The highest BCUT2D eigenvalue weighted by Gasteiger charge is 2.22. The maximum absolute atomic E-state index is 6.43. The van der Waals surface area contributed by atoms with Crippen molar-refractivity contribution in [1.82, 2.24) is 15.0 Å². The third-order valence-electron chi connectivity index (χ3n) is 4.52. The van der Waals surface area contributed by atoms with E-state index in [4.69, 9.17) is 30.5 Å². The minimum Gasteiger partial charge on any atom is -0.497 e. The summed E-state index contributed by atoms with van der Waals surface area (Å²) in [4.78, 5) is 12.8. The molecule has 0 fully saturated rings. The van der Waals surface area contributed by atoms with E-state index in [9.17, 15) is 0 Å². The van der Waals surface area contributed by atoms with Crippen LogP contribution in [0.5, 0.6) is 28.7 Å². The van der Waals surface area contributed by atoms with Gasteiger partial charge in [0.25, 0.3) is 0 Å². The summed E-state index contributed by atoms with van der Waals surface area (Å²) in [7, 11) is 1.59. The first-order valence-electron chi connectivity index (χ1n) is 8.98. The summed E-state index contributed by atoms with van der Waals surface area (Å²) in [5.74, 6) is 3.36. The van der Waals surface area contributed by atoms with E-state index >= 15 is 0 Å². The molecule has 0 saturated heterocycles. The molecule has 0 aliphatic carbocycles. The average molecular weight is 423 g/mol. The lowest BCUT2D eigenvalue weighted by Gasteiger charge is -2.15. The van der Waals surface area contributed by atoms with Gasteiger partial charge in [0.2, 0.25) is 6.79 Å². The Morgan fingerprint density at radius 3 is 2.73 bits per heavy atom. The fraction of sp³-hybridized carbons (Fsp3) is 0.0952. The van der Waals surface area contributed by atoms with E-state index in [0.717, 1.165) is 0 Å². The normalized spacial score (nSPS) is 12.1. The van der Waals surface area contributed by atoms with Crippen LogP contribution in [-0.2, 0) is 0 Å². The van der Waals surface area contributed by atoms with E-state index < -0.39 is 0 Å². The summed E-state index contributed by atoms with van der Waals surface area (Å²) in [5, 5.41) is 4.38. The van der Waals surface area contributed by atoms with Gasteiger partial charge in [-0.05, 0) is 24.3 Å². The molecule has 30 heavy (non-hydrogen) atoms. The first kappa shape index (κ1) is 18.3. The monoisotopic (exact) mass is 422 g/mol. The predicted molar refractivity (Wildman–Crippen MR) is 111 cm³/mol. The second-order valence-corrected chi connectivity index (χ2v) is 6.72. The molecule has 2 aromatic carbocycles. The van der Waals surface area contributed by atoms with E-state index in [1.807, 2.05) is 0 Å². The summed E-state index contributed by atoms with van der Waals surface area (Å²) in [5.41, 5.74) is 1.19. The van der Waals surface area contributed by atoms with Gasteiger partial charge in [-0.2, -0.15) is 0 Å². The van der Waals surface area contributed by atoms with Gasteiger partial charge in [-0.15, -0.1) is 0 Å². The third-order valence-corrected chi connectivity index (χ3v) is 4.84. The highest BCUT2D eigenvalue weighted by molar-refractivity contribution is 6.34. The quantitative estimate of drug-likeness (QED) is 0.483. The first-order chi connectivity index (χ1) is 14.7. The standard InChI is InChI=1S/C21H15ClN4O4/c1-27-13-8-15-18(17(9-13)30-12-4-6-23-7-5-12)21(25-10-24-15)26-19-14(22)2-3-16-20(19)29-11-28-16/h2-10H,11H2,1H3,(H,24,25,26). The second-order valence-electron chi connectivity index (χ2n) is 6.31. The fourth-order valence-corrected chi connectivity index (χ4v) is 3.34. The molecule has 5 rings (SSSR count). The fourth-order valence-electron chi connectivity index (χ4n) is 3.14. The zero-order valence-electron chi connectivity index (χ0n) is 15.8. The zero-order valence-corrected chi connectivity index (χ0v) is 16.5. The van der Waals surface area contributed by atoms with Gasteiger partial charge >= 0.3 is 0 Å². The Bertz CT molecular complexity index is 1240. The highest BCUT2D eigenvalue weighted by Crippen LogP contribution is 2.46. The number of anilines is 2. The zero-order chi connectivity index (χ0) is 20.5. The molecule has 0 spiro atoms. The molecule has 0 atom stereocenters. The van der Waals surface area contributed by atoms with Gasteiger partial charge in [0.05, 0.1) is 23.0 Å². The molecule has 8 nitrogen and oxygen atoms in total.